The van der Waals surface area contributed by atoms with E-state index in [2.05, 4.69) is 45.2 Å². The van der Waals surface area contributed by atoms with Crippen LogP contribution in [0.25, 0.3) is 0 Å². The molecular formula is C13H17N3S. The van der Waals surface area contributed by atoms with Gasteiger partial charge in [-0.15, -0.1) is 5.10 Å². The fourth-order valence-electron chi connectivity index (χ4n) is 1.92. The number of benzene rings is 1. The van der Waals surface area contributed by atoms with Gasteiger partial charge in [0.2, 0.25) is 0 Å². The standard InChI is InChI=1S/C13H17N3S/c1-10-13(17-16-15-10)12(14-2)9-8-11-6-4-3-5-7-11/h3-7,12,14H,8-9H2,1-2H3. The van der Waals surface area contributed by atoms with Crippen LogP contribution in [0, 0.1) is 6.92 Å². The Morgan fingerprint density at radius 2 is 2.06 bits per heavy atom. The lowest BCUT2D eigenvalue weighted by Crippen LogP contribution is -2.16. The number of rotatable bonds is 5. The van der Waals surface area contributed by atoms with Gasteiger partial charge in [0.15, 0.2) is 0 Å². The topological polar surface area (TPSA) is 37.8 Å². The maximum atomic E-state index is 4.07. The normalized spacial score (nSPS) is 12.6. The number of hydrogen-bond acceptors (Lipinski definition) is 4. The van der Waals surface area contributed by atoms with Crippen LogP contribution in [0.3, 0.4) is 0 Å². The summed E-state index contributed by atoms with van der Waals surface area (Å²) in [4.78, 5) is 1.25. The lowest BCUT2D eigenvalue weighted by Gasteiger charge is -2.14. The Hall–Kier alpha value is -1.26. The van der Waals surface area contributed by atoms with Crippen molar-refractivity contribution in [2.75, 3.05) is 7.05 Å². The fourth-order valence-corrected chi connectivity index (χ4v) is 2.71. The minimum absolute atomic E-state index is 0.357. The summed E-state index contributed by atoms with van der Waals surface area (Å²) in [5.41, 5.74) is 2.42. The maximum Gasteiger partial charge on any atom is 0.0772 e. The van der Waals surface area contributed by atoms with Gasteiger partial charge in [-0.3, -0.25) is 0 Å². The van der Waals surface area contributed by atoms with Crippen LogP contribution in [0.1, 0.15) is 28.6 Å². The van der Waals surface area contributed by atoms with E-state index < -0.39 is 0 Å². The first-order valence-electron chi connectivity index (χ1n) is 5.81. The molecule has 0 fully saturated rings. The van der Waals surface area contributed by atoms with Crippen molar-refractivity contribution in [3.05, 3.63) is 46.5 Å². The highest BCUT2D eigenvalue weighted by Crippen LogP contribution is 2.23. The zero-order chi connectivity index (χ0) is 12.1. The summed E-state index contributed by atoms with van der Waals surface area (Å²) in [6, 6.07) is 10.9. The highest BCUT2D eigenvalue weighted by Gasteiger charge is 2.15. The molecule has 0 aliphatic rings. The third-order valence-electron chi connectivity index (χ3n) is 2.92. The summed E-state index contributed by atoms with van der Waals surface area (Å²) in [5, 5.41) is 7.41. The molecule has 3 nitrogen and oxygen atoms in total. The van der Waals surface area contributed by atoms with Gasteiger partial charge in [0.25, 0.3) is 0 Å². The molecule has 0 aliphatic heterocycles. The predicted octanol–water partition coefficient (Wildman–Crippen LogP) is 2.74. The molecule has 2 aromatic rings. The van der Waals surface area contributed by atoms with Crippen LogP contribution in [-0.2, 0) is 6.42 Å². The van der Waals surface area contributed by atoms with E-state index in [1.54, 1.807) is 0 Å². The molecule has 1 unspecified atom stereocenters. The molecule has 17 heavy (non-hydrogen) atoms. The molecule has 4 heteroatoms. The number of aryl methyl sites for hydroxylation is 2. The highest BCUT2D eigenvalue weighted by atomic mass is 32.1. The summed E-state index contributed by atoms with van der Waals surface area (Å²) in [7, 11) is 1.99. The molecule has 2 rings (SSSR count). The summed E-state index contributed by atoms with van der Waals surface area (Å²) in [6.07, 6.45) is 2.15. The molecule has 0 aliphatic carbocycles. The summed E-state index contributed by atoms with van der Waals surface area (Å²) in [6.45, 7) is 2.02. The van der Waals surface area contributed by atoms with Crippen molar-refractivity contribution in [2.45, 2.75) is 25.8 Å². The van der Waals surface area contributed by atoms with Crippen LogP contribution in [0.4, 0.5) is 0 Å². The summed E-state index contributed by atoms with van der Waals surface area (Å²) >= 11 is 1.49. The second-order valence-corrected chi connectivity index (χ2v) is 4.87. The molecule has 90 valence electrons. The van der Waals surface area contributed by atoms with E-state index in [-0.39, 0.29) is 0 Å². The Morgan fingerprint density at radius 3 is 2.65 bits per heavy atom. The third-order valence-corrected chi connectivity index (χ3v) is 3.86. The van der Waals surface area contributed by atoms with Gasteiger partial charge in [-0.25, -0.2) is 0 Å². The van der Waals surface area contributed by atoms with E-state index >= 15 is 0 Å². The minimum atomic E-state index is 0.357. The van der Waals surface area contributed by atoms with E-state index in [9.17, 15) is 0 Å². The van der Waals surface area contributed by atoms with Gasteiger partial charge in [0.05, 0.1) is 10.6 Å². The van der Waals surface area contributed by atoms with Crippen LogP contribution in [0.5, 0.6) is 0 Å². The fraction of sp³-hybridized carbons (Fsp3) is 0.385. The van der Waals surface area contributed by atoms with E-state index in [0.717, 1.165) is 18.5 Å². The molecule has 0 saturated carbocycles. The van der Waals surface area contributed by atoms with Crippen molar-refractivity contribution in [1.82, 2.24) is 14.9 Å². The number of nitrogens with one attached hydrogen (secondary N) is 1. The second kappa shape index (κ2) is 5.89. The van der Waals surface area contributed by atoms with Gasteiger partial charge in [-0.1, -0.05) is 34.8 Å². The smallest absolute Gasteiger partial charge is 0.0772 e. The van der Waals surface area contributed by atoms with Crippen molar-refractivity contribution >= 4 is 11.5 Å². The first-order chi connectivity index (χ1) is 8.31. The Labute approximate surface area is 106 Å². The van der Waals surface area contributed by atoms with Crippen molar-refractivity contribution in [3.8, 4) is 0 Å². The van der Waals surface area contributed by atoms with Crippen LogP contribution in [0.15, 0.2) is 30.3 Å². The average Bonchev–Trinajstić information content (AvgIpc) is 2.78. The van der Waals surface area contributed by atoms with Crippen molar-refractivity contribution in [3.63, 3.8) is 0 Å². The van der Waals surface area contributed by atoms with E-state index in [1.807, 2.05) is 14.0 Å². The van der Waals surface area contributed by atoms with Crippen LogP contribution >= 0.6 is 11.5 Å². The molecule has 0 bridgehead atoms. The first-order valence-corrected chi connectivity index (χ1v) is 6.58. The molecule has 1 heterocycles. The molecule has 0 saturated heterocycles. The molecule has 0 spiro atoms. The molecule has 0 radical (unpaired) electrons. The zero-order valence-corrected chi connectivity index (χ0v) is 11.0. The Bertz CT molecular complexity index is 453. The van der Waals surface area contributed by atoms with E-state index in [0.29, 0.717) is 6.04 Å². The first kappa shape index (κ1) is 12.2. The monoisotopic (exact) mass is 247 g/mol. The van der Waals surface area contributed by atoms with Crippen LogP contribution in [0.2, 0.25) is 0 Å². The van der Waals surface area contributed by atoms with Crippen LogP contribution < -0.4 is 5.32 Å². The molecule has 1 aromatic heterocycles. The maximum absolute atomic E-state index is 4.07. The quantitative estimate of drug-likeness (QED) is 0.883. The van der Waals surface area contributed by atoms with Gasteiger partial charge >= 0.3 is 0 Å². The van der Waals surface area contributed by atoms with Gasteiger partial charge in [-0.05, 0) is 43.9 Å². The SMILES string of the molecule is CNC(CCc1ccccc1)c1snnc1C. The number of nitrogens with zero attached hydrogens (tertiary/aromatic N) is 2. The summed E-state index contributed by atoms with van der Waals surface area (Å²) in [5.74, 6) is 0. The number of aromatic nitrogens is 2. The zero-order valence-electron chi connectivity index (χ0n) is 10.2. The van der Waals surface area contributed by atoms with Crippen molar-refractivity contribution < 1.29 is 0 Å². The lowest BCUT2D eigenvalue weighted by atomic mass is 10.0. The van der Waals surface area contributed by atoms with Gasteiger partial charge in [0, 0.05) is 6.04 Å². The Kier molecular flexibility index (Phi) is 4.23. The Morgan fingerprint density at radius 1 is 1.29 bits per heavy atom. The van der Waals surface area contributed by atoms with Gasteiger partial charge < -0.3 is 5.32 Å². The lowest BCUT2D eigenvalue weighted by molar-refractivity contribution is 0.554. The van der Waals surface area contributed by atoms with Crippen molar-refractivity contribution in [2.24, 2.45) is 0 Å². The Balaban J connectivity index is 2.00. The molecule has 0 amide bonds. The van der Waals surface area contributed by atoms with Crippen molar-refractivity contribution in [1.29, 1.82) is 0 Å². The molecular weight excluding hydrogens is 230 g/mol. The summed E-state index contributed by atoms with van der Waals surface area (Å²) < 4.78 is 4.00. The second-order valence-electron chi connectivity index (χ2n) is 4.09. The third kappa shape index (κ3) is 3.11. The minimum Gasteiger partial charge on any atom is -0.312 e. The highest BCUT2D eigenvalue weighted by molar-refractivity contribution is 7.05. The average molecular weight is 247 g/mol. The van der Waals surface area contributed by atoms with E-state index in [4.69, 9.17) is 0 Å². The molecule has 1 N–H and O–H groups in total. The number of hydrogen-bond donors (Lipinski definition) is 1. The van der Waals surface area contributed by atoms with Gasteiger partial charge in [0.1, 0.15) is 0 Å². The van der Waals surface area contributed by atoms with Gasteiger partial charge in [-0.2, -0.15) is 0 Å². The molecule has 1 aromatic carbocycles. The molecule has 1 atom stereocenters. The van der Waals surface area contributed by atoms with E-state index in [1.165, 1.54) is 22.0 Å². The largest absolute Gasteiger partial charge is 0.312 e. The van der Waals surface area contributed by atoms with Crippen LogP contribution in [-0.4, -0.2) is 16.6 Å². The predicted molar refractivity (Wildman–Crippen MR) is 71.2 cm³/mol.